The molecule has 1 aromatic heterocycles. The molecule has 0 saturated heterocycles. The minimum Gasteiger partial charge on any atom is -0.489 e. The van der Waals surface area contributed by atoms with E-state index in [4.69, 9.17) is 10.00 Å². The maximum atomic E-state index is 8.88. The lowest BCUT2D eigenvalue weighted by molar-refractivity contribution is 0.304. The second-order valence-electron chi connectivity index (χ2n) is 4.18. The van der Waals surface area contributed by atoms with Crippen LogP contribution in [0.1, 0.15) is 16.7 Å². The fourth-order valence-electron chi connectivity index (χ4n) is 1.69. The molecule has 4 heteroatoms. The van der Waals surface area contributed by atoms with E-state index in [1.165, 1.54) is 0 Å². The molecule has 0 unspecified atom stereocenters. The Hall–Kier alpha value is -2.54. The summed E-state index contributed by atoms with van der Waals surface area (Å²) in [4.78, 5) is 4.15. The van der Waals surface area contributed by atoms with E-state index in [0.717, 1.165) is 22.7 Å². The number of aryl methyl sites for hydroxylation is 1. The van der Waals surface area contributed by atoms with Crippen molar-refractivity contribution >= 4 is 5.82 Å². The number of pyridine rings is 1. The van der Waals surface area contributed by atoms with Gasteiger partial charge in [-0.1, -0.05) is 6.07 Å². The van der Waals surface area contributed by atoms with Gasteiger partial charge < -0.3 is 10.1 Å². The smallest absolute Gasteiger partial charge is 0.126 e. The largest absolute Gasteiger partial charge is 0.489 e. The third-order valence-electron chi connectivity index (χ3n) is 2.79. The van der Waals surface area contributed by atoms with Crippen LogP contribution in [0.5, 0.6) is 5.75 Å². The van der Waals surface area contributed by atoms with Crippen molar-refractivity contribution in [3.05, 3.63) is 53.2 Å². The van der Waals surface area contributed by atoms with Gasteiger partial charge in [0.05, 0.1) is 11.6 Å². The van der Waals surface area contributed by atoms with E-state index in [1.54, 1.807) is 18.3 Å². The maximum Gasteiger partial charge on any atom is 0.126 e. The predicted octanol–water partition coefficient (Wildman–Crippen LogP) is 2.88. The number of benzene rings is 1. The summed E-state index contributed by atoms with van der Waals surface area (Å²) >= 11 is 0. The van der Waals surface area contributed by atoms with E-state index in [-0.39, 0.29) is 0 Å². The maximum absolute atomic E-state index is 8.88. The first-order valence-corrected chi connectivity index (χ1v) is 5.99. The molecule has 0 aliphatic carbocycles. The van der Waals surface area contributed by atoms with Gasteiger partial charge in [0, 0.05) is 13.2 Å². The summed E-state index contributed by atoms with van der Waals surface area (Å²) in [5.74, 6) is 1.55. The molecule has 1 heterocycles. The molecule has 0 fully saturated rings. The Morgan fingerprint density at radius 2 is 2.16 bits per heavy atom. The zero-order chi connectivity index (χ0) is 13.7. The molecule has 0 atom stereocenters. The lowest BCUT2D eigenvalue weighted by Crippen LogP contribution is -1.99. The molecule has 4 nitrogen and oxygen atoms in total. The minimum atomic E-state index is 0.451. The summed E-state index contributed by atoms with van der Waals surface area (Å²) < 4.78 is 5.76. The van der Waals surface area contributed by atoms with Gasteiger partial charge in [0.25, 0.3) is 0 Å². The summed E-state index contributed by atoms with van der Waals surface area (Å²) in [6, 6.07) is 11.4. The van der Waals surface area contributed by atoms with Gasteiger partial charge in [-0.05, 0) is 42.3 Å². The van der Waals surface area contributed by atoms with Crippen molar-refractivity contribution in [1.82, 2.24) is 4.98 Å². The minimum absolute atomic E-state index is 0.451. The van der Waals surface area contributed by atoms with Crippen LogP contribution in [0.4, 0.5) is 5.82 Å². The molecular weight excluding hydrogens is 238 g/mol. The second-order valence-corrected chi connectivity index (χ2v) is 4.18. The fraction of sp³-hybridized carbons (Fsp3) is 0.200. The highest BCUT2D eigenvalue weighted by atomic mass is 16.5. The van der Waals surface area contributed by atoms with Crippen LogP contribution in [-0.4, -0.2) is 12.0 Å². The number of aromatic nitrogens is 1. The molecule has 0 bridgehead atoms. The Kier molecular flexibility index (Phi) is 3.99. The standard InChI is InChI=1S/C15H15N3O/c1-11-3-4-12(9-16)7-14(11)19-10-13-5-6-18-15(8-13)17-2/h3-8H,10H2,1-2H3,(H,17,18). The third-order valence-corrected chi connectivity index (χ3v) is 2.79. The van der Waals surface area contributed by atoms with Crippen molar-refractivity contribution in [2.24, 2.45) is 0 Å². The number of nitrogens with one attached hydrogen (secondary N) is 1. The van der Waals surface area contributed by atoms with Crippen LogP contribution in [0.2, 0.25) is 0 Å². The van der Waals surface area contributed by atoms with Crippen LogP contribution < -0.4 is 10.1 Å². The van der Waals surface area contributed by atoms with Crippen molar-refractivity contribution in [2.75, 3.05) is 12.4 Å². The van der Waals surface area contributed by atoms with Crippen molar-refractivity contribution in [3.8, 4) is 11.8 Å². The summed E-state index contributed by atoms with van der Waals surface area (Å²) in [5, 5.41) is 11.9. The molecule has 96 valence electrons. The summed E-state index contributed by atoms with van der Waals surface area (Å²) in [6.07, 6.45) is 1.74. The van der Waals surface area contributed by atoms with Crippen LogP contribution in [0.25, 0.3) is 0 Å². The van der Waals surface area contributed by atoms with Gasteiger partial charge in [-0.2, -0.15) is 5.26 Å². The molecule has 2 rings (SSSR count). The topological polar surface area (TPSA) is 57.9 Å². The molecule has 2 aromatic rings. The average molecular weight is 253 g/mol. The Bertz CT molecular complexity index is 617. The molecule has 19 heavy (non-hydrogen) atoms. The lowest BCUT2D eigenvalue weighted by Gasteiger charge is -2.10. The number of ether oxygens (including phenoxy) is 1. The quantitative estimate of drug-likeness (QED) is 0.910. The van der Waals surface area contributed by atoms with Gasteiger partial charge in [0.2, 0.25) is 0 Å². The van der Waals surface area contributed by atoms with Crippen molar-refractivity contribution in [1.29, 1.82) is 5.26 Å². The monoisotopic (exact) mass is 253 g/mol. The molecule has 0 aliphatic heterocycles. The number of anilines is 1. The van der Waals surface area contributed by atoms with Gasteiger partial charge >= 0.3 is 0 Å². The SMILES string of the molecule is CNc1cc(COc2cc(C#N)ccc2C)ccn1. The Morgan fingerprint density at radius 1 is 1.32 bits per heavy atom. The molecular formula is C15H15N3O. The van der Waals surface area contributed by atoms with Crippen LogP contribution in [-0.2, 0) is 6.61 Å². The first-order valence-electron chi connectivity index (χ1n) is 5.99. The second kappa shape index (κ2) is 5.87. The number of hydrogen-bond acceptors (Lipinski definition) is 4. The summed E-state index contributed by atoms with van der Waals surface area (Å²) in [6.45, 7) is 2.41. The third kappa shape index (κ3) is 3.23. The van der Waals surface area contributed by atoms with E-state index in [9.17, 15) is 0 Å². The first kappa shape index (κ1) is 12.9. The summed E-state index contributed by atoms with van der Waals surface area (Å²) in [5.41, 5.74) is 2.65. The van der Waals surface area contributed by atoms with Crippen molar-refractivity contribution in [2.45, 2.75) is 13.5 Å². The molecule has 0 aliphatic rings. The average Bonchev–Trinajstić information content (AvgIpc) is 2.46. The molecule has 0 spiro atoms. The fourth-order valence-corrected chi connectivity index (χ4v) is 1.69. The van der Waals surface area contributed by atoms with Crippen LogP contribution in [0, 0.1) is 18.3 Å². The van der Waals surface area contributed by atoms with E-state index in [2.05, 4.69) is 16.4 Å². The Morgan fingerprint density at radius 3 is 2.89 bits per heavy atom. The van der Waals surface area contributed by atoms with Crippen LogP contribution >= 0.6 is 0 Å². The predicted molar refractivity (Wildman–Crippen MR) is 74.0 cm³/mol. The van der Waals surface area contributed by atoms with E-state index in [0.29, 0.717) is 12.2 Å². The first-order chi connectivity index (χ1) is 9.22. The Balaban J connectivity index is 2.12. The van der Waals surface area contributed by atoms with Crippen LogP contribution in [0.15, 0.2) is 36.5 Å². The van der Waals surface area contributed by atoms with E-state index < -0.39 is 0 Å². The van der Waals surface area contributed by atoms with Crippen LogP contribution in [0.3, 0.4) is 0 Å². The lowest BCUT2D eigenvalue weighted by atomic mass is 10.1. The molecule has 0 radical (unpaired) electrons. The number of rotatable bonds is 4. The number of nitriles is 1. The molecule has 0 saturated carbocycles. The highest BCUT2D eigenvalue weighted by Gasteiger charge is 2.03. The zero-order valence-corrected chi connectivity index (χ0v) is 11.0. The van der Waals surface area contributed by atoms with Gasteiger partial charge in [-0.25, -0.2) is 4.98 Å². The van der Waals surface area contributed by atoms with Gasteiger partial charge in [0.1, 0.15) is 18.2 Å². The highest BCUT2D eigenvalue weighted by molar-refractivity contribution is 5.42. The molecule has 0 amide bonds. The Labute approximate surface area is 112 Å². The highest BCUT2D eigenvalue weighted by Crippen LogP contribution is 2.20. The number of hydrogen-bond donors (Lipinski definition) is 1. The summed E-state index contributed by atoms with van der Waals surface area (Å²) in [7, 11) is 1.83. The molecule has 1 N–H and O–H groups in total. The normalized spacial score (nSPS) is 9.74. The zero-order valence-electron chi connectivity index (χ0n) is 11.0. The van der Waals surface area contributed by atoms with E-state index >= 15 is 0 Å². The molecule has 1 aromatic carbocycles. The van der Waals surface area contributed by atoms with E-state index in [1.807, 2.05) is 32.2 Å². The number of nitrogens with zero attached hydrogens (tertiary/aromatic N) is 2. The van der Waals surface area contributed by atoms with Gasteiger partial charge in [-0.3, -0.25) is 0 Å². The van der Waals surface area contributed by atoms with Crippen molar-refractivity contribution < 1.29 is 4.74 Å². The van der Waals surface area contributed by atoms with Gasteiger partial charge in [-0.15, -0.1) is 0 Å². The van der Waals surface area contributed by atoms with Gasteiger partial charge in [0.15, 0.2) is 0 Å². The van der Waals surface area contributed by atoms with Crippen molar-refractivity contribution in [3.63, 3.8) is 0 Å².